The molecular weight excluding hydrogens is 378 g/mol. The van der Waals surface area contributed by atoms with Crippen molar-refractivity contribution >= 4 is 23.2 Å². The molecule has 0 bridgehead atoms. The number of hydrogen-bond acceptors (Lipinski definition) is 3. The van der Waals surface area contributed by atoms with Gasteiger partial charge in [-0.25, -0.2) is 8.78 Å². The number of benzene rings is 3. The highest BCUT2D eigenvalue weighted by atomic mass is 19.1. The molecule has 2 N–H and O–H groups in total. The third-order valence-electron chi connectivity index (χ3n) is 4.05. The molecule has 0 radical (unpaired) electrons. The number of carbonyl (C=O) groups is 2. The third-order valence-corrected chi connectivity index (χ3v) is 4.05. The van der Waals surface area contributed by atoms with Crippen LogP contribution in [0.1, 0.15) is 27.6 Å². The molecule has 0 unspecified atom stereocenters. The van der Waals surface area contributed by atoms with E-state index in [0.717, 1.165) is 12.1 Å². The maximum atomic E-state index is 13.7. The van der Waals surface area contributed by atoms with E-state index in [1.54, 1.807) is 24.3 Å². The Hall–Kier alpha value is -3.74. The van der Waals surface area contributed by atoms with Gasteiger partial charge in [0.2, 0.25) is 0 Å². The minimum absolute atomic E-state index is 0.152. The fourth-order valence-electron chi connectivity index (χ4n) is 2.62. The monoisotopic (exact) mass is 396 g/mol. The molecule has 3 aromatic rings. The standard InChI is InChI=1S/C22H18F2N2O3/c1-2-29-19-9-4-3-8-18(19)25-21(27)14-10-12-15(13-11-14)22(28)26-20-16(23)6-5-7-17(20)24/h3-13H,2H2,1H3,(H,25,27)(H,26,28). The van der Waals surface area contributed by atoms with Gasteiger partial charge in [0, 0.05) is 11.1 Å². The Kier molecular flexibility index (Phi) is 6.19. The van der Waals surface area contributed by atoms with Crippen molar-refractivity contribution in [2.24, 2.45) is 0 Å². The molecule has 0 fully saturated rings. The SMILES string of the molecule is CCOc1ccccc1NC(=O)c1ccc(C(=O)Nc2c(F)cccc2F)cc1. The maximum absolute atomic E-state index is 13.7. The second kappa shape index (κ2) is 8.97. The molecule has 148 valence electrons. The molecule has 3 aromatic carbocycles. The number of amides is 2. The molecule has 0 spiro atoms. The Labute approximate surface area is 166 Å². The Morgan fingerprint density at radius 2 is 1.34 bits per heavy atom. The topological polar surface area (TPSA) is 67.4 Å². The van der Waals surface area contributed by atoms with Crippen LogP contribution in [0.2, 0.25) is 0 Å². The van der Waals surface area contributed by atoms with Gasteiger partial charge in [0.1, 0.15) is 23.1 Å². The summed E-state index contributed by atoms with van der Waals surface area (Å²) in [6, 6.07) is 16.0. The zero-order chi connectivity index (χ0) is 20.8. The summed E-state index contributed by atoms with van der Waals surface area (Å²) in [7, 11) is 0. The summed E-state index contributed by atoms with van der Waals surface area (Å²) < 4.78 is 32.8. The summed E-state index contributed by atoms with van der Waals surface area (Å²) in [5.41, 5.74) is 0.465. The smallest absolute Gasteiger partial charge is 0.255 e. The van der Waals surface area contributed by atoms with E-state index in [4.69, 9.17) is 4.74 Å². The molecule has 0 aromatic heterocycles. The van der Waals surface area contributed by atoms with Gasteiger partial charge in [-0.05, 0) is 55.5 Å². The van der Waals surface area contributed by atoms with Gasteiger partial charge in [0.15, 0.2) is 0 Å². The van der Waals surface area contributed by atoms with Crippen molar-refractivity contribution in [3.8, 4) is 5.75 Å². The first-order valence-electron chi connectivity index (χ1n) is 8.88. The first-order valence-corrected chi connectivity index (χ1v) is 8.88. The van der Waals surface area contributed by atoms with Gasteiger partial charge >= 0.3 is 0 Å². The predicted molar refractivity (Wildman–Crippen MR) is 106 cm³/mol. The predicted octanol–water partition coefficient (Wildman–Crippen LogP) is 4.87. The van der Waals surface area contributed by atoms with Gasteiger partial charge in [0.05, 0.1) is 12.3 Å². The Morgan fingerprint density at radius 1 is 0.793 bits per heavy atom. The van der Waals surface area contributed by atoms with E-state index in [0.29, 0.717) is 23.6 Å². The minimum atomic E-state index is -0.873. The second-order valence-electron chi connectivity index (χ2n) is 6.01. The van der Waals surface area contributed by atoms with E-state index < -0.39 is 23.2 Å². The molecule has 0 aliphatic carbocycles. The first-order chi connectivity index (χ1) is 14.0. The quantitative estimate of drug-likeness (QED) is 0.625. The second-order valence-corrected chi connectivity index (χ2v) is 6.01. The number of nitrogens with one attached hydrogen (secondary N) is 2. The lowest BCUT2D eigenvalue weighted by Crippen LogP contribution is -2.16. The van der Waals surface area contributed by atoms with Crippen molar-refractivity contribution in [3.63, 3.8) is 0 Å². The summed E-state index contributed by atoms with van der Waals surface area (Å²) in [5, 5.41) is 4.95. The number of halogens is 2. The lowest BCUT2D eigenvalue weighted by atomic mass is 10.1. The van der Waals surface area contributed by atoms with Gasteiger partial charge in [-0.3, -0.25) is 9.59 Å². The lowest BCUT2D eigenvalue weighted by Gasteiger charge is -2.11. The van der Waals surface area contributed by atoms with E-state index in [2.05, 4.69) is 10.6 Å². The fraction of sp³-hybridized carbons (Fsp3) is 0.0909. The molecule has 3 rings (SSSR count). The van der Waals surface area contributed by atoms with Crippen LogP contribution in [0.4, 0.5) is 20.2 Å². The van der Waals surface area contributed by atoms with Crippen LogP contribution in [-0.2, 0) is 0 Å². The molecule has 0 saturated carbocycles. The number of hydrogen-bond donors (Lipinski definition) is 2. The Bertz CT molecular complexity index is 1020. The summed E-state index contributed by atoms with van der Waals surface area (Å²) in [6.45, 7) is 2.30. The lowest BCUT2D eigenvalue weighted by molar-refractivity contribution is 0.101. The van der Waals surface area contributed by atoms with Crippen LogP contribution in [0.15, 0.2) is 66.7 Å². The highest BCUT2D eigenvalue weighted by Crippen LogP contribution is 2.24. The third kappa shape index (κ3) is 4.76. The van der Waals surface area contributed by atoms with Gasteiger partial charge < -0.3 is 15.4 Å². The summed E-state index contributed by atoms with van der Waals surface area (Å²) in [6.07, 6.45) is 0. The summed E-state index contributed by atoms with van der Waals surface area (Å²) in [5.74, 6) is -2.28. The molecular formula is C22H18F2N2O3. The summed E-state index contributed by atoms with van der Waals surface area (Å²) in [4.78, 5) is 24.7. The maximum Gasteiger partial charge on any atom is 0.255 e. The van der Waals surface area contributed by atoms with Crippen LogP contribution in [0.3, 0.4) is 0 Å². The number of rotatable bonds is 6. The van der Waals surface area contributed by atoms with Crippen molar-refractivity contribution in [2.75, 3.05) is 17.2 Å². The van der Waals surface area contributed by atoms with Crippen LogP contribution < -0.4 is 15.4 Å². The van der Waals surface area contributed by atoms with Crippen molar-refractivity contribution in [1.29, 1.82) is 0 Å². The van der Waals surface area contributed by atoms with Gasteiger partial charge in [-0.2, -0.15) is 0 Å². The van der Waals surface area contributed by atoms with E-state index >= 15 is 0 Å². The average Bonchev–Trinajstić information content (AvgIpc) is 2.72. The zero-order valence-electron chi connectivity index (χ0n) is 15.5. The number of para-hydroxylation sites is 3. The summed E-state index contributed by atoms with van der Waals surface area (Å²) >= 11 is 0. The molecule has 2 amide bonds. The molecule has 29 heavy (non-hydrogen) atoms. The van der Waals surface area contributed by atoms with Crippen molar-refractivity contribution in [1.82, 2.24) is 0 Å². The molecule has 0 aliphatic rings. The number of ether oxygens (including phenoxy) is 1. The minimum Gasteiger partial charge on any atom is -0.492 e. The first kappa shape index (κ1) is 20.0. The Morgan fingerprint density at radius 3 is 1.93 bits per heavy atom. The highest BCUT2D eigenvalue weighted by Gasteiger charge is 2.15. The van der Waals surface area contributed by atoms with E-state index in [-0.39, 0.29) is 11.5 Å². The molecule has 0 saturated heterocycles. The highest BCUT2D eigenvalue weighted by molar-refractivity contribution is 6.07. The van der Waals surface area contributed by atoms with Crippen LogP contribution in [0.25, 0.3) is 0 Å². The van der Waals surface area contributed by atoms with Crippen LogP contribution in [-0.4, -0.2) is 18.4 Å². The van der Waals surface area contributed by atoms with Crippen LogP contribution in [0, 0.1) is 11.6 Å². The average molecular weight is 396 g/mol. The van der Waals surface area contributed by atoms with Crippen molar-refractivity contribution < 1.29 is 23.1 Å². The largest absolute Gasteiger partial charge is 0.492 e. The normalized spacial score (nSPS) is 10.3. The molecule has 7 heteroatoms. The van der Waals surface area contributed by atoms with E-state index in [9.17, 15) is 18.4 Å². The Balaban J connectivity index is 1.71. The van der Waals surface area contributed by atoms with Gasteiger partial charge in [-0.1, -0.05) is 18.2 Å². The van der Waals surface area contributed by atoms with Crippen molar-refractivity contribution in [2.45, 2.75) is 6.92 Å². The fourth-order valence-corrected chi connectivity index (χ4v) is 2.62. The zero-order valence-corrected chi connectivity index (χ0v) is 15.5. The van der Waals surface area contributed by atoms with Crippen molar-refractivity contribution in [3.05, 3.63) is 89.5 Å². The molecule has 0 heterocycles. The van der Waals surface area contributed by atoms with Crippen LogP contribution >= 0.6 is 0 Å². The van der Waals surface area contributed by atoms with E-state index in [1.165, 1.54) is 30.3 Å². The van der Waals surface area contributed by atoms with Gasteiger partial charge in [0.25, 0.3) is 11.8 Å². The molecule has 0 atom stereocenters. The molecule has 0 aliphatic heterocycles. The molecule has 5 nitrogen and oxygen atoms in total. The van der Waals surface area contributed by atoms with Gasteiger partial charge in [-0.15, -0.1) is 0 Å². The van der Waals surface area contributed by atoms with E-state index in [1.807, 2.05) is 6.92 Å². The van der Waals surface area contributed by atoms with Crippen LogP contribution in [0.5, 0.6) is 5.75 Å². The number of anilines is 2. The number of carbonyl (C=O) groups excluding carboxylic acids is 2.